The Bertz CT molecular complexity index is 513. The van der Waals surface area contributed by atoms with Crippen molar-refractivity contribution in [3.05, 3.63) is 23.8 Å². The summed E-state index contributed by atoms with van der Waals surface area (Å²) in [6.07, 6.45) is 0.204. The second kappa shape index (κ2) is 4.33. The van der Waals surface area contributed by atoms with Crippen molar-refractivity contribution in [3.8, 4) is 5.75 Å². The van der Waals surface area contributed by atoms with Crippen molar-refractivity contribution in [2.24, 2.45) is 5.41 Å². The van der Waals surface area contributed by atoms with E-state index < -0.39 is 5.41 Å². The van der Waals surface area contributed by atoms with E-state index in [0.717, 1.165) is 5.56 Å². The minimum Gasteiger partial charge on any atom is -0.508 e. The number of hydrogen-bond donors (Lipinski definition) is 3. The number of anilines is 1. The van der Waals surface area contributed by atoms with Gasteiger partial charge in [-0.15, -0.1) is 0 Å². The first-order valence-electron chi connectivity index (χ1n) is 5.78. The standard InChI is InChI=1S/C13H16N2O3/c1-8-5-9(16)3-4-10(8)15-12(18)13(2)6-11(17)14-7-13/h3-5,16H,6-7H2,1-2H3,(H,14,17)(H,15,18). The van der Waals surface area contributed by atoms with Crippen LogP contribution in [0.4, 0.5) is 5.69 Å². The molecular formula is C13H16N2O3. The Kier molecular flexibility index (Phi) is 2.98. The van der Waals surface area contributed by atoms with Gasteiger partial charge >= 0.3 is 0 Å². The normalized spacial score (nSPS) is 22.7. The Hall–Kier alpha value is -2.04. The Morgan fingerprint density at radius 3 is 2.78 bits per heavy atom. The molecule has 1 atom stereocenters. The highest BCUT2D eigenvalue weighted by atomic mass is 16.3. The number of nitrogens with one attached hydrogen (secondary N) is 2. The van der Waals surface area contributed by atoms with Crippen LogP contribution in [0.5, 0.6) is 5.75 Å². The van der Waals surface area contributed by atoms with Gasteiger partial charge in [0.1, 0.15) is 5.75 Å². The van der Waals surface area contributed by atoms with Gasteiger partial charge < -0.3 is 15.7 Å². The number of rotatable bonds is 2. The smallest absolute Gasteiger partial charge is 0.232 e. The fraction of sp³-hybridized carbons (Fsp3) is 0.385. The van der Waals surface area contributed by atoms with Gasteiger partial charge in [0.15, 0.2) is 0 Å². The number of hydrogen-bond acceptors (Lipinski definition) is 3. The summed E-state index contributed by atoms with van der Waals surface area (Å²) < 4.78 is 0. The summed E-state index contributed by atoms with van der Waals surface area (Å²) in [7, 11) is 0. The van der Waals surface area contributed by atoms with Gasteiger partial charge in [-0.3, -0.25) is 9.59 Å². The molecule has 0 aliphatic carbocycles. The number of amides is 2. The fourth-order valence-electron chi connectivity index (χ4n) is 1.99. The molecule has 1 unspecified atom stereocenters. The molecule has 0 radical (unpaired) electrons. The molecule has 1 fully saturated rings. The van der Waals surface area contributed by atoms with Crippen LogP contribution in [-0.2, 0) is 9.59 Å². The van der Waals surface area contributed by atoms with Crippen LogP contribution in [0.1, 0.15) is 18.9 Å². The number of carbonyl (C=O) groups excluding carboxylic acids is 2. The molecule has 3 N–H and O–H groups in total. The SMILES string of the molecule is Cc1cc(O)ccc1NC(=O)C1(C)CNC(=O)C1. The van der Waals surface area contributed by atoms with E-state index in [0.29, 0.717) is 12.2 Å². The molecule has 5 heteroatoms. The van der Waals surface area contributed by atoms with Crippen molar-refractivity contribution in [2.75, 3.05) is 11.9 Å². The first-order valence-corrected chi connectivity index (χ1v) is 5.78. The van der Waals surface area contributed by atoms with Crippen molar-refractivity contribution in [1.29, 1.82) is 0 Å². The Morgan fingerprint density at radius 2 is 2.22 bits per heavy atom. The van der Waals surface area contributed by atoms with Gasteiger partial charge in [0, 0.05) is 18.7 Å². The van der Waals surface area contributed by atoms with Crippen LogP contribution >= 0.6 is 0 Å². The number of aryl methyl sites for hydroxylation is 1. The van der Waals surface area contributed by atoms with E-state index in [9.17, 15) is 14.7 Å². The lowest BCUT2D eigenvalue weighted by Gasteiger charge is -2.21. The van der Waals surface area contributed by atoms with Crippen LogP contribution in [0.3, 0.4) is 0 Å². The van der Waals surface area contributed by atoms with E-state index in [2.05, 4.69) is 10.6 Å². The van der Waals surface area contributed by atoms with Gasteiger partial charge in [-0.1, -0.05) is 0 Å². The van der Waals surface area contributed by atoms with Crippen LogP contribution in [0.25, 0.3) is 0 Å². The molecule has 5 nitrogen and oxygen atoms in total. The molecule has 1 aromatic rings. The van der Waals surface area contributed by atoms with Gasteiger partial charge in [-0.25, -0.2) is 0 Å². The third-order valence-corrected chi connectivity index (χ3v) is 3.23. The lowest BCUT2D eigenvalue weighted by Crippen LogP contribution is -2.35. The monoisotopic (exact) mass is 248 g/mol. The van der Waals surface area contributed by atoms with Crippen molar-refractivity contribution < 1.29 is 14.7 Å². The predicted octanol–water partition coefficient (Wildman–Crippen LogP) is 1.17. The van der Waals surface area contributed by atoms with Gasteiger partial charge in [0.2, 0.25) is 11.8 Å². The quantitative estimate of drug-likeness (QED) is 0.687. The van der Waals surface area contributed by atoms with Gasteiger partial charge in [0.25, 0.3) is 0 Å². The molecule has 0 saturated carbocycles. The van der Waals surface area contributed by atoms with E-state index in [1.165, 1.54) is 6.07 Å². The molecule has 18 heavy (non-hydrogen) atoms. The summed E-state index contributed by atoms with van der Waals surface area (Å²) in [6.45, 7) is 3.92. The van der Waals surface area contributed by atoms with Gasteiger partial charge in [-0.05, 0) is 37.6 Å². The van der Waals surface area contributed by atoms with Crippen LogP contribution in [0, 0.1) is 12.3 Å². The zero-order valence-corrected chi connectivity index (χ0v) is 10.4. The minimum absolute atomic E-state index is 0.102. The van der Waals surface area contributed by atoms with Crippen LogP contribution < -0.4 is 10.6 Å². The summed E-state index contributed by atoms with van der Waals surface area (Å²) in [4.78, 5) is 23.4. The van der Waals surface area contributed by atoms with E-state index in [-0.39, 0.29) is 24.0 Å². The van der Waals surface area contributed by atoms with Crippen LogP contribution in [0.15, 0.2) is 18.2 Å². The second-order valence-corrected chi connectivity index (χ2v) is 4.97. The molecule has 1 heterocycles. The third-order valence-electron chi connectivity index (χ3n) is 3.23. The first kappa shape index (κ1) is 12.4. The summed E-state index contributed by atoms with van der Waals surface area (Å²) in [6, 6.07) is 4.75. The van der Waals surface area contributed by atoms with E-state index >= 15 is 0 Å². The van der Waals surface area contributed by atoms with Crippen LogP contribution in [0.2, 0.25) is 0 Å². The second-order valence-electron chi connectivity index (χ2n) is 4.97. The maximum atomic E-state index is 12.2. The molecular weight excluding hydrogens is 232 g/mol. The number of aromatic hydroxyl groups is 1. The Morgan fingerprint density at radius 1 is 1.50 bits per heavy atom. The zero-order chi connectivity index (χ0) is 13.3. The highest BCUT2D eigenvalue weighted by molar-refractivity contribution is 6.00. The van der Waals surface area contributed by atoms with Crippen LogP contribution in [-0.4, -0.2) is 23.5 Å². The average Bonchev–Trinajstić information content (AvgIpc) is 2.64. The van der Waals surface area contributed by atoms with Crippen molar-refractivity contribution >= 4 is 17.5 Å². The van der Waals surface area contributed by atoms with Gasteiger partial charge in [0.05, 0.1) is 5.41 Å². The molecule has 1 aliphatic heterocycles. The number of benzene rings is 1. The minimum atomic E-state index is -0.707. The fourth-order valence-corrected chi connectivity index (χ4v) is 1.99. The predicted molar refractivity (Wildman–Crippen MR) is 67.2 cm³/mol. The van der Waals surface area contributed by atoms with Crippen molar-refractivity contribution in [1.82, 2.24) is 5.32 Å². The Balaban J connectivity index is 2.14. The maximum Gasteiger partial charge on any atom is 0.232 e. The van der Waals surface area contributed by atoms with E-state index in [4.69, 9.17) is 0 Å². The highest BCUT2D eigenvalue weighted by Gasteiger charge is 2.40. The molecule has 96 valence electrons. The lowest BCUT2D eigenvalue weighted by molar-refractivity contribution is -0.126. The molecule has 2 rings (SSSR count). The molecule has 0 bridgehead atoms. The topological polar surface area (TPSA) is 78.4 Å². The maximum absolute atomic E-state index is 12.2. The third kappa shape index (κ3) is 2.30. The lowest BCUT2D eigenvalue weighted by atomic mass is 9.88. The van der Waals surface area contributed by atoms with Crippen molar-refractivity contribution in [3.63, 3.8) is 0 Å². The summed E-state index contributed by atoms with van der Waals surface area (Å²) in [5.41, 5.74) is 0.726. The average molecular weight is 248 g/mol. The molecule has 2 amide bonds. The molecule has 1 aromatic carbocycles. The molecule has 0 spiro atoms. The number of phenols is 1. The summed E-state index contributed by atoms with van der Waals surface area (Å²) in [5, 5.41) is 14.8. The van der Waals surface area contributed by atoms with Crippen molar-refractivity contribution in [2.45, 2.75) is 20.3 Å². The Labute approximate surface area is 105 Å². The molecule has 0 aromatic heterocycles. The number of carbonyl (C=O) groups is 2. The first-order chi connectivity index (χ1) is 8.40. The van der Waals surface area contributed by atoms with E-state index in [1.54, 1.807) is 26.0 Å². The molecule has 1 aliphatic rings. The largest absolute Gasteiger partial charge is 0.508 e. The summed E-state index contributed by atoms with van der Waals surface area (Å²) >= 11 is 0. The summed E-state index contributed by atoms with van der Waals surface area (Å²) in [5.74, 6) is -0.126. The number of phenolic OH excluding ortho intramolecular Hbond substituents is 1. The molecule has 1 saturated heterocycles. The zero-order valence-electron chi connectivity index (χ0n) is 10.4. The van der Waals surface area contributed by atoms with Gasteiger partial charge in [-0.2, -0.15) is 0 Å². The highest BCUT2D eigenvalue weighted by Crippen LogP contribution is 2.28. The van der Waals surface area contributed by atoms with E-state index in [1.807, 2.05) is 0 Å².